The lowest BCUT2D eigenvalue weighted by molar-refractivity contribution is 0.717. The molecule has 0 aromatic heterocycles. The van der Waals surface area contributed by atoms with Crippen LogP contribution in [0.5, 0.6) is 0 Å². The predicted octanol–water partition coefficient (Wildman–Crippen LogP) is 4.07. The number of hydrogen-bond acceptors (Lipinski definition) is 0. The summed E-state index contributed by atoms with van der Waals surface area (Å²) in [6.45, 7) is 6.58. The number of rotatable bonds is 5. The summed E-state index contributed by atoms with van der Waals surface area (Å²) in [5, 5.41) is 1.34. The van der Waals surface area contributed by atoms with Crippen LogP contribution in [0.2, 0.25) is 13.1 Å². The van der Waals surface area contributed by atoms with Crippen molar-refractivity contribution in [3.8, 4) is 0 Å². The van der Waals surface area contributed by atoms with Crippen molar-refractivity contribution in [3.05, 3.63) is 29.8 Å². The molecule has 0 radical (unpaired) electrons. The fourth-order valence-corrected chi connectivity index (χ4v) is 2.98. The zero-order valence-electron chi connectivity index (χ0n) is 10.0. The lowest BCUT2D eigenvalue weighted by Gasteiger charge is -2.13. The van der Waals surface area contributed by atoms with Gasteiger partial charge in [0.1, 0.15) is 0 Å². The first-order valence-electron chi connectivity index (χ1n) is 5.82. The summed E-state index contributed by atoms with van der Waals surface area (Å²) in [4.78, 5) is 0. The Bertz CT molecular complexity index is 284. The highest BCUT2D eigenvalue weighted by Gasteiger charge is 2.19. The van der Waals surface area contributed by atoms with Crippen molar-refractivity contribution in [2.24, 2.45) is 0 Å². The number of unbranched alkanes of at least 4 members (excludes halogenated alkanes) is 2. The standard InChI is InChI=1S/C13H21ClSi/c1-4-5-6-7-12-8-10-13(11-9-12)15(2,3)14/h8-11H,4-7H2,1-3H3. The van der Waals surface area contributed by atoms with Crippen LogP contribution >= 0.6 is 11.1 Å². The smallest absolute Gasteiger partial charge is 0.162 e. The molecule has 0 N–H and O–H groups in total. The van der Waals surface area contributed by atoms with Crippen molar-refractivity contribution in [2.75, 3.05) is 0 Å². The molecule has 0 aliphatic carbocycles. The Kier molecular flexibility index (Phi) is 4.87. The van der Waals surface area contributed by atoms with Crippen molar-refractivity contribution in [2.45, 2.75) is 45.7 Å². The monoisotopic (exact) mass is 240 g/mol. The topological polar surface area (TPSA) is 0 Å². The van der Waals surface area contributed by atoms with Crippen LogP contribution in [0.25, 0.3) is 0 Å². The Morgan fingerprint density at radius 3 is 2.13 bits per heavy atom. The van der Waals surface area contributed by atoms with E-state index in [9.17, 15) is 0 Å². The Morgan fingerprint density at radius 1 is 1.07 bits per heavy atom. The summed E-state index contributed by atoms with van der Waals surface area (Å²) in [7, 11) is -1.62. The second-order valence-electron chi connectivity index (χ2n) is 4.63. The van der Waals surface area contributed by atoms with Gasteiger partial charge in [-0.3, -0.25) is 0 Å². The van der Waals surface area contributed by atoms with Gasteiger partial charge in [0.2, 0.25) is 0 Å². The van der Waals surface area contributed by atoms with E-state index in [1.807, 2.05) is 0 Å². The van der Waals surface area contributed by atoms with E-state index >= 15 is 0 Å². The van der Waals surface area contributed by atoms with Crippen molar-refractivity contribution in [3.63, 3.8) is 0 Å². The molecule has 0 nitrogen and oxygen atoms in total. The molecule has 84 valence electrons. The largest absolute Gasteiger partial charge is 0.180 e. The zero-order valence-corrected chi connectivity index (χ0v) is 11.8. The normalized spacial score (nSPS) is 11.7. The molecule has 2 heteroatoms. The summed E-state index contributed by atoms with van der Waals surface area (Å²) in [6.07, 6.45) is 5.13. The molecule has 0 saturated carbocycles. The summed E-state index contributed by atoms with van der Waals surface area (Å²) in [5.41, 5.74) is 1.45. The Labute approximate surface area is 99.4 Å². The molecule has 0 saturated heterocycles. The minimum atomic E-state index is -1.62. The quantitative estimate of drug-likeness (QED) is 0.414. The molecule has 0 amide bonds. The van der Waals surface area contributed by atoms with Crippen LogP contribution in [0.4, 0.5) is 0 Å². The minimum Gasteiger partial charge on any atom is -0.162 e. The molecule has 0 aliphatic rings. The van der Waals surface area contributed by atoms with E-state index in [1.54, 1.807) is 0 Å². The van der Waals surface area contributed by atoms with E-state index in [2.05, 4.69) is 44.3 Å². The van der Waals surface area contributed by atoms with Gasteiger partial charge in [-0.1, -0.05) is 57.1 Å². The fourth-order valence-electron chi connectivity index (χ4n) is 1.65. The number of halogens is 1. The summed E-state index contributed by atoms with van der Waals surface area (Å²) in [5.74, 6) is 0. The molecule has 0 fully saturated rings. The van der Waals surface area contributed by atoms with Crippen molar-refractivity contribution in [1.29, 1.82) is 0 Å². The highest BCUT2D eigenvalue weighted by Crippen LogP contribution is 2.10. The van der Waals surface area contributed by atoms with Gasteiger partial charge in [0.05, 0.1) is 0 Å². The lowest BCUT2D eigenvalue weighted by Crippen LogP contribution is -2.34. The van der Waals surface area contributed by atoms with Crippen LogP contribution in [-0.2, 0) is 6.42 Å². The molecule has 1 rings (SSSR count). The predicted molar refractivity (Wildman–Crippen MR) is 72.6 cm³/mol. The van der Waals surface area contributed by atoms with Gasteiger partial charge in [-0.15, -0.1) is 0 Å². The van der Waals surface area contributed by atoms with E-state index in [4.69, 9.17) is 11.1 Å². The molecule has 1 aromatic rings. The van der Waals surface area contributed by atoms with E-state index < -0.39 is 7.38 Å². The maximum absolute atomic E-state index is 6.38. The van der Waals surface area contributed by atoms with E-state index in [-0.39, 0.29) is 0 Å². The number of aryl methyl sites for hydroxylation is 1. The van der Waals surface area contributed by atoms with Gasteiger partial charge in [0.25, 0.3) is 0 Å². The molecule has 0 spiro atoms. The highest BCUT2D eigenvalue weighted by atomic mass is 35.6. The molecule has 0 atom stereocenters. The first-order chi connectivity index (χ1) is 7.04. The third-order valence-corrected chi connectivity index (χ3v) is 5.07. The van der Waals surface area contributed by atoms with Gasteiger partial charge in [-0.05, 0) is 23.6 Å². The molecule has 15 heavy (non-hydrogen) atoms. The molecular weight excluding hydrogens is 220 g/mol. The van der Waals surface area contributed by atoms with Crippen molar-refractivity contribution >= 4 is 23.6 Å². The first-order valence-corrected chi connectivity index (χ1v) is 9.83. The third kappa shape index (κ3) is 4.39. The lowest BCUT2D eigenvalue weighted by atomic mass is 10.1. The first kappa shape index (κ1) is 12.8. The average Bonchev–Trinajstić information content (AvgIpc) is 2.18. The minimum absolute atomic E-state index is 1.21. The molecule has 0 heterocycles. The average molecular weight is 241 g/mol. The number of hydrogen-bond donors (Lipinski definition) is 0. The Morgan fingerprint density at radius 2 is 1.67 bits per heavy atom. The maximum Gasteiger partial charge on any atom is 0.180 e. The second-order valence-corrected chi connectivity index (χ2v) is 11.0. The van der Waals surface area contributed by atoms with Crippen LogP contribution in [0.15, 0.2) is 24.3 Å². The van der Waals surface area contributed by atoms with Gasteiger partial charge in [-0.2, -0.15) is 11.1 Å². The number of benzene rings is 1. The van der Waals surface area contributed by atoms with E-state index in [0.29, 0.717) is 0 Å². The molecule has 0 bridgehead atoms. The summed E-state index contributed by atoms with van der Waals surface area (Å²) >= 11 is 6.38. The van der Waals surface area contributed by atoms with E-state index in [0.717, 1.165) is 0 Å². The van der Waals surface area contributed by atoms with Crippen LogP contribution in [0.3, 0.4) is 0 Å². The van der Waals surface area contributed by atoms with Gasteiger partial charge < -0.3 is 0 Å². The zero-order chi connectivity index (χ0) is 11.3. The summed E-state index contributed by atoms with van der Waals surface area (Å²) in [6, 6.07) is 8.89. The maximum atomic E-state index is 6.38. The molecular formula is C13H21ClSi. The van der Waals surface area contributed by atoms with Gasteiger partial charge in [0.15, 0.2) is 7.38 Å². The van der Waals surface area contributed by atoms with Crippen LogP contribution < -0.4 is 5.19 Å². The van der Waals surface area contributed by atoms with Crippen molar-refractivity contribution in [1.82, 2.24) is 0 Å². The summed E-state index contributed by atoms with van der Waals surface area (Å²) < 4.78 is 0. The van der Waals surface area contributed by atoms with Gasteiger partial charge >= 0.3 is 0 Å². The van der Waals surface area contributed by atoms with Crippen LogP contribution in [0, 0.1) is 0 Å². The Balaban J connectivity index is 2.57. The fraction of sp³-hybridized carbons (Fsp3) is 0.538. The van der Waals surface area contributed by atoms with E-state index in [1.165, 1.54) is 36.4 Å². The van der Waals surface area contributed by atoms with Gasteiger partial charge in [0, 0.05) is 0 Å². The highest BCUT2D eigenvalue weighted by molar-refractivity contribution is 7.26. The SMILES string of the molecule is CCCCCc1ccc([Si](C)(C)Cl)cc1. The van der Waals surface area contributed by atoms with Crippen LogP contribution in [-0.4, -0.2) is 7.38 Å². The Hall–Kier alpha value is -0.273. The molecule has 0 aliphatic heterocycles. The third-order valence-electron chi connectivity index (χ3n) is 2.71. The van der Waals surface area contributed by atoms with Gasteiger partial charge in [-0.25, -0.2) is 0 Å². The molecule has 0 unspecified atom stereocenters. The second kappa shape index (κ2) is 5.71. The van der Waals surface area contributed by atoms with Crippen LogP contribution in [0.1, 0.15) is 31.7 Å². The molecule has 1 aromatic carbocycles. The van der Waals surface area contributed by atoms with Crippen molar-refractivity contribution < 1.29 is 0 Å².